The third kappa shape index (κ3) is 5.11. The summed E-state index contributed by atoms with van der Waals surface area (Å²) >= 11 is 0. The smallest absolute Gasteiger partial charge is 0.154 e. The first kappa shape index (κ1) is 23.4. The second-order valence-corrected chi connectivity index (χ2v) is 11.3. The van der Waals surface area contributed by atoms with Crippen LogP contribution in [0.1, 0.15) is 23.2 Å². The SMILES string of the molecule is CN(C)C(CS(=O)(=O)CC(c1cccc2ccccc12)N(C)C)c1cccc2ccccc12. The fraction of sp³-hybridized carbons (Fsp3) is 0.286. The van der Waals surface area contributed by atoms with Crippen molar-refractivity contribution in [2.75, 3.05) is 39.7 Å². The minimum atomic E-state index is -3.39. The van der Waals surface area contributed by atoms with Crippen LogP contribution in [0.5, 0.6) is 0 Å². The lowest BCUT2D eigenvalue weighted by molar-refractivity contribution is 0.314. The molecule has 4 nitrogen and oxygen atoms in total. The maximum atomic E-state index is 13.6. The maximum absolute atomic E-state index is 13.6. The van der Waals surface area contributed by atoms with Gasteiger partial charge in [-0.1, -0.05) is 84.9 Å². The molecule has 33 heavy (non-hydrogen) atoms. The molecule has 0 amide bonds. The lowest BCUT2D eigenvalue weighted by atomic mass is 9.99. The van der Waals surface area contributed by atoms with Gasteiger partial charge in [-0.25, -0.2) is 8.42 Å². The van der Waals surface area contributed by atoms with Gasteiger partial charge < -0.3 is 9.80 Å². The van der Waals surface area contributed by atoms with E-state index >= 15 is 0 Å². The monoisotopic (exact) mass is 460 g/mol. The van der Waals surface area contributed by atoms with Crippen molar-refractivity contribution in [1.29, 1.82) is 0 Å². The Morgan fingerprint density at radius 2 is 0.939 bits per heavy atom. The van der Waals surface area contributed by atoms with Crippen LogP contribution in [-0.2, 0) is 9.84 Å². The van der Waals surface area contributed by atoms with Gasteiger partial charge in [0.1, 0.15) is 0 Å². The van der Waals surface area contributed by atoms with E-state index < -0.39 is 9.84 Å². The fourth-order valence-corrected chi connectivity index (χ4v) is 6.72. The zero-order valence-corrected chi connectivity index (χ0v) is 20.6. The van der Waals surface area contributed by atoms with Crippen LogP contribution >= 0.6 is 0 Å². The van der Waals surface area contributed by atoms with Crippen LogP contribution in [0.2, 0.25) is 0 Å². The molecule has 0 fully saturated rings. The molecular weight excluding hydrogens is 428 g/mol. The lowest BCUT2D eigenvalue weighted by Gasteiger charge is -2.29. The van der Waals surface area contributed by atoms with Gasteiger partial charge in [0.15, 0.2) is 9.84 Å². The number of nitrogens with zero attached hydrogens (tertiary/aromatic N) is 2. The Morgan fingerprint density at radius 3 is 1.33 bits per heavy atom. The van der Waals surface area contributed by atoms with Gasteiger partial charge in [-0.15, -0.1) is 0 Å². The van der Waals surface area contributed by atoms with Gasteiger partial charge >= 0.3 is 0 Å². The number of hydrogen-bond donors (Lipinski definition) is 0. The Labute approximate surface area is 197 Å². The van der Waals surface area contributed by atoms with Crippen molar-refractivity contribution in [3.63, 3.8) is 0 Å². The van der Waals surface area contributed by atoms with E-state index in [1.54, 1.807) is 0 Å². The van der Waals surface area contributed by atoms with Crippen LogP contribution in [0.15, 0.2) is 84.9 Å². The van der Waals surface area contributed by atoms with Gasteiger partial charge in [0, 0.05) is 12.1 Å². The van der Waals surface area contributed by atoms with E-state index in [9.17, 15) is 8.42 Å². The van der Waals surface area contributed by atoms with E-state index in [0.717, 1.165) is 32.7 Å². The molecule has 0 N–H and O–H groups in total. The van der Waals surface area contributed by atoms with Crippen molar-refractivity contribution < 1.29 is 8.42 Å². The van der Waals surface area contributed by atoms with Gasteiger partial charge in [-0.2, -0.15) is 0 Å². The number of benzene rings is 4. The number of sulfone groups is 1. The minimum absolute atomic E-state index is 0.0725. The number of fused-ring (bicyclic) bond motifs is 2. The molecule has 0 bridgehead atoms. The van der Waals surface area contributed by atoms with Gasteiger partial charge in [0.2, 0.25) is 0 Å². The van der Waals surface area contributed by atoms with Crippen molar-refractivity contribution in [2.24, 2.45) is 0 Å². The van der Waals surface area contributed by atoms with E-state index in [1.165, 1.54) is 0 Å². The summed E-state index contributed by atoms with van der Waals surface area (Å²) in [6.07, 6.45) is 0. The number of rotatable bonds is 8. The molecule has 0 saturated heterocycles. The van der Waals surface area contributed by atoms with Crippen LogP contribution in [0, 0.1) is 0 Å². The predicted molar refractivity (Wildman–Crippen MR) is 139 cm³/mol. The van der Waals surface area contributed by atoms with Crippen LogP contribution in [-0.4, -0.2) is 57.9 Å². The van der Waals surface area contributed by atoms with E-state index in [2.05, 4.69) is 48.5 Å². The van der Waals surface area contributed by atoms with Crippen LogP contribution in [0.4, 0.5) is 0 Å². The highest BCUT2D eigenvalue weighted by Crippen LogP contribution is 2.32. The number of hydrogen-bond acceptors (Lipinski definition) is 4. The molecule has 0 saturated carbocycles. The van der Waals surface area contributed by atoms with Crippen molar-refractivity contribution in [1.82, 2.24) is 9.80 Å². The van der Waals surface area contributed by atoms with Crippen LogP contribution < -0.4 is 0 Å². The lowest BCUT2D eigenvalue weighted by Crippen LogP contribution is -2.33. The molecule has 2 atom stereocenters. The molecular formula is C28H32N2O2S. The first-order valence-corrected chi connectivity index (χ1v) is 13.1. The summed E-state index contributed by atoms with van der Waals surface area (Å²) in [6, 6.07) is 28.2. The Balaban J connectivity index is 1.68. The zero-order chi connectivity index (χ0) is 23.6. The summed E-state index contributed by atoms with van der Waals surface area (Å²) in [5, 5.41) is 4.46. The van der Waals surface area contributed by atoms with Crippen LogP contribution in [0.3, 0.4) is 0 Å². The van der Waals surface area contributed by atoms with Gasteiger partial charge in [-0.05, 0) is 60.9 Å². The van der Waals surface area contributed by atoms with E-state index in [-0.39, 0.29) is 23.6 Å². The van der Waals surface area contributed by atoms with Gasteiger partial charge in [-0.3, -0.25) is 0 Å². The van der Waals surface area contributed by atoms with Crippen molar-refractivity contribution >= 4 is 31.4 Å². The van der Waals surface area contributed by atoms with Crippen molar-refractivity contribution in [3.05, 3.63) is 96.1 Å². The Morgan fingerprint density at radius 1 is 0.576 bits per heavy atom. The third-order valence-electron chi connectivity index (χ3n) is 6.44. The fourth-order valence-electron chi connectivity index (χ4n) is 4.67. The molecule has 0 aliphatic carbocycles. The highest BCUT2D eigenvalue weighted by atomic mass is 32.2. The highest BCUT2D eigenvalue weighted by Gasteiger charge is 2.29. The molecule has 2 unspecified atom stereocenters. The molecule has 4 rings (SSSR count). The summed E-state index contributed by atoms with van der Waals surface area (Å²) in [7, 11) is 4.43. The topological polar surface area (TPSA) is 40.6 Å². The van der Waals surface area contributed by atoms with Crippen molar-refractivity contribution in [3.8, 4) is 0 Å². The quantitative estimate of drug-likeness (QED) is 0.357. The molecule has 0 aromatic heterocycles. The summed E-state index contributed by atoms with van der Waals surface area (Å²) < 4.78 is 27.3. The maximum Gasteiger partial charge on any atom is 0.154 e. The Kier molecular flexibility index (Phi) is 6.84. The molecule has 0 spiro atoms. The molecule has 172 valence electrons. The Hall–Kier alpha value is -2.73. The predicted octanol–water partition coefficient (Wildman–Crippen LogP) is 5.31. The van der Waals surface area contributed by atoms with Crippen LogP contribution in [0.25, 0.3) is 21.5 Å². The summed E-state index contributed by atoms with van der Waals surface area (Å²) in [5.41, 5.74) is 2.10. The molecule has 4 aromatic rings. The normalized spacial score (nSPS) is 14.2. The molecule has 0 aliphatic rings. The summed E-state index contributed by atoms with van der Waals surface area (Å²) in [4.78, 5) is 4.03. The second kappa shape index (κ2) is 9.64. The third-order valence-corrected chi connectivity index (χ3v) is 8.08. The highest BCUT2D eigenvalue weighted by molar-refractivity contribution is 7.91. The average molecular weight is 461 g/mol. The standard InChI is InChI=1S/C28H32N2O2S/c1-29(2)27(25-17-9-13-21-11-5-7-15-23(21)25)19-33(31,32)20-28(30(3)4)26-18-10-14-22-12-6-8-16-24(22)26/h5-18,27-28H,19-20H2,1-4H3. The van der Waals surface area contributed by atoms with E-state index in [4.69, 9.17) is 0 Å². The van der Waals surface area contributed by atoms with E-state index in [0.29, 0.717) is 0 Å². The summed E-state index contributed by atoms with van der Waals surface area (Å²) in [6.45, 7) is 0. The first-order chi connectivity index (χ1) is 15.8. The Bertz CT molecular complexity index is 1250. The molecule has 0 heterocycles. The van der Waals surface area contributed by atoms with Crippen molar-refractivity contribution in [2.45, 2.75) is 12.1 Å². The molecule has 0 radical (unpaired) electrons. The van der Waals surface area contributed by atoms with E-state index in [1.807, 2.05) is 74.4 Å². The van der Waals surface area contributed by atoms with Gasteiger partial charge in [0.05, 0.1) is 11.5 Å². The van der Waals surface area contributed by atoms with Gasteiger partial charge in [0.25, 0.3) is 0 Å². The molecule has 4 aromatic carbocycles. The largest absolute Gasteiger partial charge is 0.301 e. The average Bonchev–Trinajstić information content (AvgIpc) is 2.80. The molecule has 0 aliphatic heterocycles. The first-order valence-electron chi connectivity index (χ1n) is 11.3. The minimum Gasteiger partial charge on any atom is -0.301 e. The second-order valence-electron chi connectivity index (χ2n) is 9.17. The summed E-state index contributed by atoms with van der Waals surface area (Å²) in [5.74, 6) is 0.145. The zero-order valence-electron chi connectivity index (χ0n) is 19.8. The molecule has 5 heteroatoms.